The minimum absolute atomic E-state index is 0.0546. The number of amides is 1. The molecule has 5 heteroatoms. The summed E-state index contributed by atoms with van der Waals surface area (Å²) in [6.07, 6.45) is 2.21. The van der Waals surface area contributed by atoms with E-state index in [-0.39, 0.29) is 12.3 Å². The number of carboxylic acids is 1. The van der Waals surface area contributed by atoms with Gasteiger partial charge in [-0.15, -0.1) is 0 Å². The summed E-state index contributed by atoms with van der Waals surface area (Å²) in [7, 11) is 0. The van der Waals surface area contributed by atoms with Crippen molar-refractivity contribution in [1.82, 2.24) is 5.32 Å². The topological polar surface area (TPSA) is 78.4 Å². The Bertz CT molecular complexity index is 486. The highest BCUT2D eigenvalue weighted by Crippen LogP contribution is 2.23. The van der Waals surface area contributed by atoms with Gasteiger partial charge in [0, 0.05) is 12.1 Å². The molecule has 0 bridgehead atoms. The van der Waals surface area contributed by atoms with Crippen LogP contribution in [0.1, 0.15) is 24.0 Å². The fourth-order valence-electron chi connectivity index (χ4n) is 2.16. The van der Waals surface area contributed by atoms with Crippen molar-refractivity contribution in [2.24, 2.45) is 0 Å². The largest absolute Gasteiger partial charge is 0.481 e. The van der Waals surface area contributed by atoms with E-state index >= 15 is 0 Å². The van der Waals surface area contributed by atoms with E-state index in [0.717, 1.165) is 30.8 Å². The Morgan fingerprint density at radius 1 is 1.37 bits per heavy atom. The highest BCUT2D eigenvalue weighted by Gasteiger charge is 2.16. The van der Waals surface area contributed by atoms with Gasteiger partial charge in [0.25, 0.3) is 0 Å². The van der Waals surface area contributed by atoms with Crippen LogP contribution in [-0.4, -0.2) is 30.1 Å². The Labute approximate surface area is 112 Å². The molecule has 1 aliphatic heterocycles. The summed E-state index contributed by atoms with van der Waals surface area (Å²) in [5, 5.41) is 14.5. The predicted molar refractivity (Wildman–Crippen MR) is 72.2 cm³/mol. The van der Waals surface area contributed by atoms with E-state index in [4.69, 9.17) is 5.11 Å². The number of aliphatic carboxylic acids is 1. The summed E-state index contributed by atoms with van der Waals surface area (Å²) in [5.74, 6) is -0.698. The zero-order valence-corrected chi connectivity index (χ0v) is 10.7. The van der Waals surface area contributed by atoms with Crippen molar-refractivity contribution < 1.29 is 14.7 Å². The van der Waals surface area contributed by atoms with E-state index in [1.54, 1.807) is 0 Å². The molecule has 0 fully saturated rings. The molecule has 3 N–H and O–H groups in total. The Balaban J connectivity index is 1.71. The van der Waals surface area contributed by atoms with Crippen molar-refractivity contribution >= 4 is 17.6 Å². The molecular weight excluding hydrogens is 244 g/mol. The van der Waals surface area contributed by atoms with Crippen LogP contribution in [0.4, 0.5) is 5.69 Å². The minimum atomic E-state index is -0.752. The standard InChI is InChI=1S/C14H18N2O3/c17-13-9-11-8-10(3-4-12(11)16-13)5-7-15-6-1-2-14(18)19/h3-4,8,15H,1-2,5-7,9H2,(H,16,17)(H,18,19). The van der Waals surface area contributed by atoms with Crippen LogP contribution >= 0.6 is 0 Å². The SMILES string of the molecule is O=C(O)CCCNCCc1ccc2c(c1)CC(=O)N2. The monoisotopic (exact) mass is 262 g/mol. The normalized spacial score (nSPS) is 13.2. The van der Waals surface area contributed by atoms with Crippen molar-refractivity contribution in [2.75, 3.05) is 18.4 Å². The van der Waals surface area contributed by atoms with Gasteiger partial charge in [0.05, 0.1) is 6.42 Å². The van der Waals surface area contributed by atoms with Crippen LogP contribution in [0.25, 0.3) is 0 Å². The molecule has 0 saturated carbocycles. The molecule has 1 aromatic rings. The van der Waals surface area contributed by atoms with Crippen LogP contribution in [0.15, 0.2) is 18.2 Å². The van der Waals surface area contributed by atoms with Crippen LogP contribution in [0.2, 0.25) is 0 Å². The molecule has 1 amide bonds. The van der Waals surface area contributed by atoms with E-state index in [9.17, 15) is 9.59 Å². The molecule has 1 heterocycles. The summed E-state index contributed by atoms with van der Waals surface area (Å²) < 4.78 is 0. The van der Waals surface area contributed by atoms with Gasteiger partial charge in [-0.05, 0) is 43.1 Å². The zero-order valence-electron chi connectivity index (χ0n) is 10.7. The van der Waals surface area contributed by atoms with E-state index in [0.29, 0.717) is 12.8 Å². The number of fused-ring (bicyclic) bond motifs is 1. The number of hydrogen-bond acceptors (Lipinski definition) is 3. The number of carboxylic acid groups (broad SMARTS) is 1. The Kier molecular flexibility index (Phi) is 4.52. The van der Waals surface area contributed by atoms with Crippen LogP contribution in [0, 0.1) is 0 Å². The van der Waals surface area contributed by atoms with E-state index < -0.39 is 5.97 Å². The lowest BCUT2D eigenvalue weighted by molar-refractivity contribution is -0.137. The smallest absolute Gasteiger partial charge is 0.303 e. The Hall–Kier alpha value is -1.88. The van der Waals surface area contributed by atoms with Gasteiger partial charge in [-0.3, -0.25) is 9.59 Å². The summed E-state index contributed by atoms with van der Waals surface area (Å²) in [4.78, 5) is 21.6. The quantitative estimate of drug-likeness (QED) is 0.645. The Morgan fingerprint density at radius 2 is 2.21 bits per heavy atom. The number of benzene rings is 1. The van der Waals surface area contributed by atoms with Gasteiger partial charge in [0.15, 0.2) is 0 Å². The van der Waals surface area contributed by atoms with Gasteiger partial charge in [-0.1, -0.05) is 12.1 Å². The van der Waals surface area contributed by atoms with Crippen molar-refractivity contribution in [3.63, 3.8) is 0 Å². The maximum Gasteiger partial charge on any atom is 0.303 e. The third kappa shape index (κ3) is 4.06. The zero-order chi connectivity index (χ0) is 13.7. The lowest BCUT2D eigenvalue weighted by Crippen LogP contribution is -2.19. The molecule has 0 aromatic heterocycles. The molecule has 0 unspecified atom stereocenters. The van der Waals surface area contributed by atoms with Crippen molar-refractivity contribution in [2.45, 2.75) is 25.7 Å². The average molecular weight is 262 g/mol. The lowest BCUT2D eigenvalue weighted by atomic mass is 10.1. The molecule has 0 radical (unpaired) electrons. The van der Waals surface area contributed by atoms with E-state index in [1.807, 2.05) is 12.1 Å². The molecule has 0 atom stereocenters. The summed E-state index contributed by atoms with van der Waals surface area (Å²) in [5.41, 5.74) is 3.18. The number of hydrogen-bond donors (Lipinski definition) is 3. The van der Waals surface area contributed by atoms with Crippen LogP contribution in [-0.2, 0) is 22.4 Å². The van der Waals surface area contributed by atoms with Crippen molar-refractivity contribution in [3.05, 3.63) is 29.3 Å². The van der Waals surface area contributed by atoms with Gasteiger partial charge in [-0.25, -0.2) is 0 Å². The molecule has 1 aliphatic rings. The molecule has 1 aromatic carbocycles. The first-order chi connectivity index (χ1) is 9.15. The average Bonchev–Trinajstić information content (AvgIpc) is 2.72. The molecule has 0 aliphatic carbocycles. The number of nitrogens with one attached hydrogen (secondary N) is 2. The third-order valence-electron chi connectivity index (χ3n) is 3.13. The highest BCUT2D eigenvalue weighted by atomic mass is 16.4. The van der Waals surface area contributed by atoms with Crippen molar-refractivity contribution in [3.8, 4) is 0 Å². The fraction of sp³-hybridized carbons (Fsp3) is 0.429. The van der Waals surface area contributed by atoms with Gasteiger partial charge in [0.2, 0.25) is 5.91 Å². The van der Waals surface area contributed by atoms with Gasteiger partial charge >= 0.3 is 5.97 Å². The number of carbonyl (C=O) groups excluding carboxylic acids is 1. The highest BCUT2D eigenvalue weighted by molar-refractivity contribution is 5.99. The van der Waals surface area contributed by atoms with Crippen LogP contribution in [0.5, 0.6) is 0 Å². The molecule has 2 rings (SSSR count). The second-order valence-corrected chi connectivity index (χ2v) is 4.71. The molecule has 5 nitrogen and oxygen atoms in total. The first-order valence-electron chi connectivity index (χ1n) is 6.49. The minimum Gasteiger partial charge on any atom is -0.481 e. The van der Waals surface area contributed by atoms with Gasteiger partial charge < -0.3 is 15.7 Å². The summed E-state index contributed by atoms with van der Waals surface area (Å²) >= 11 is 0. The third-order valence-corrected chi connectivity index (χ3v) is 3.13. The van der Waals surface area contributed by atoms with Gasteiger partial charge in [-0.2, -0.15) is 0 Å². The Morgan fingerprint density at radius 3 is 3.00 bits per heavy atom. The molecule has 0 saturated heterocycles. The number of rotatable bonds is 7. The predicted octanol–water partition coefficient (Wildman–Crippen LogP) is 1.18. The maximum absolute atomic E-state index is 11.2. The first kappa shape index (κ1) is 13.5. The van der Waals surface area contributed by atoms with E-state index in [2.05, 4.69) is 16.7 Å². The van der Waals surface area contributed by atoms with Crippen LogP contribution < -0.4 is 10.6 Å². The van der Waals surface area contributed by atoms with Crippen LogP contribution in [0.3, 0.4) is 0 Å². The second kappa shape index (κ2) is 6.33. The second-order valence-electron chi connectivity index (χ2n) is 4.71. The molecule has 102 valence electrons. The molecular formula is C14H18N2O3. The summed E-state index contributed by atoms with van der Waals surface area (Å²) in [6.45, 7) is 1.54. The van der Waals surface area contributed by atoms with Gasteiger partial charge in [0.1, 0.15) is 0 Å². The fourth-order valence-corrected chi connectivity index (χ4v) is 2.16. The summed E-state index contributed by atoms with van der Waals surface area (Å²) in [6, 6.07) is 6.02. The van der Waals surface area contributed by atoms with Crippen molar-refractivity contribution in [1.29, 1.82) is 0 Å². The number of anilines is 1. The maximum atomic E-state index is 11.2. The van der Waals surface area contributed by atoms with E-state index in [1.165, 1.54) is 5.56 Å². The molecule has 0 spiro atoms. The molecule has 19 heavy (non-hydrogen) atoms. The first-order valence-corrected chi connectivity index (χ1v) is 6.49. The lowest BCUT2D eigenvalue weighted by Gasteiger charge is -2.06. The number of carbonyl (C=O) groups is 2.